The van der Waals surface area contributed by atoms with Crippen LogP contribution in [0.4, 0.5) is 4.39 Å². The van der Waals surface area contributed by atoms with Crippen LogP contribution in [-0.4, -0.2) is 52.9 Å². The quantitative estimate of drug-likeness (QED) is 0.259. The highest BCUT2D eigenvalue weighted by Gasteiger charge is 2.19. The molecule has 0 aromatic heterocycles. The van der Waals surface area contributed by atoms with Gasteiger partial charge in [0.2, 0.25) is 0 Å². The van der Waals surface area contributed by atoms with E-state index in [0.29, 0.717) is 18.7 Å². The van der Waals surface area contributed by atoms with E-state index < -0.39 is 24.6 Å². The Balaban J connectivity index is 3.64. The van der Waals surface area contributed by atoms with Gasteiger partial charge in [0.05, 0.1) is 30.9 Å². The van der Waals surface area contributed by atoms with Gasteiger partial charge in [0.1, 0.15) is 5.82 Å². The van der Waals surface area contributed by atoms with E-state index in [-0.39, 0.29) is 24.1 Å². The van der Waals surface area contributed by atoms with Gasteiger partial charge in [-0.15, -0.1) is 0 Å². The summed E-state index contributed by atoms with van der Waals surface area (Å²) in [5.74, 6) is -1.35. The Bertz CT molecular complexity index is 900. The summed E-state index contributed by atoms with van der Waals surface area (Å²) in [6, 6.07) is 6.16. The standard InChI is InChI=1S/C27H38FNO5/c1-17(2)19(5)29-27(18(3)4)25(12-11-22(30)15-23(31)16-26(32)33)24(13-14-34-6)20-7-9-21(28)10-8-20/h7-12,17-18,22-23,30-31H,5,13-16H2,1-4,6H3,(H,32,33)/b12-11+,25-24+,29-27?. The van der Waals surface area contributed by atoms with Crippen LogP contribution in [0.2, 0.25) is 0 Å². The van der Waals surface area contributed by atoms with Gasteiger partial charge in [-0.1, -0.05) is 58.6 Å². The molecule has 0 saturated heterocycles. The molecule has 3 N–H and O–H groups in total. The number of halogens is 1. The van der Waals surface area contributed by atoms with E-state index in [9.17, 15) is 19.4 Å². The summed E-state index contributed by atoms with van der Waals surface area (Å²) in [5.41, 5.74) is 3.86. The molecule has 0 heterocycles. The molecule has 1 aromatic rings. The number of benzene rings is 1. The lowest BCUT2D eigenvalue weighted by Crippen LogP contribution is -2.19. The van der Waals surface area contributed by atoms with Gasteiger partial charge in [0, 0.05) is 19.2 Å². The summed E-state index contributed by atoms with van der Waals surface area (Å²) in [6.07, 6.45) is 0.962. The molecule has 0 bridgehead atoms. The van der Waals surface area contributed by atoms with Crippen molar-refractivity contribution < 1.29 is 29.2 Å². The zero-order valence-electron chi connectivity index (χ0n) is 20.8. The second-order valence-electron chi connectivity index (χ2n) is 8.85. The Morgan fingerprint density at radius 1 is 1.15 bits per heavy atom. The van der Waals surface area contributed by atoms with Crippen LogP contribution in [0, 0.1) is 17.7 Å². The fraction of sp³-hybridized carbons (Fsp3) is 0.481. The second-order valence-corrected chi connectivity index (χ2v) is 8.85. The number of carboxylic acid groups (broad SMARTS) is 1. The second kappa shape index (κ2) is 14.6. The Kier molecular flexibility index (Phi) is 12.6. The molecule has 1 rings (SSSR count). The number of carbonyl (C=O) groups is 1. The molecule has 0 amide bonds. The largest absolute Gasteiger partial charge is 0.481 e. The molecule has 0 spiro atoms. The van der Waals surface area contributed by atoms with Gasteiger partial charge in [-0.05, 0) is 47.1 Å². The van der Waals surface area contributed by atoms with Gasteiger partial charge in [-0.2, -0.15) is 0 Å². The van der Waals surface area contributed by atoms with Gasteiger partial charge < -0.3 is 20.1 Å². The zero-order chi connectivity index (χ0) is 25.8. The van der Waals surface area contributed by atoms with Crippen molar-refractivity contribution in [1.82, 2.24) is 0 Å². The summed E-state index contributed by atoms with van der Waals surface area (Å²) in [7, 11) is 1.60. The first-order valence-corrected chi connectivity index (χ1v) is 11.5. The normalized spacial score (nSPS) is 15.1. The van der Waals surface area contributed by atoms with Gasteiger partial charge in [-0.25, -0.2) is 4.39 Å². The van der Waals surface area contributed by atoms with E-state index in [0.717, 1.165) is 22.4 Å². The molecular weight excluding hydrogens is 437 g/mol. The number of aliphatic hydroxyl groups excluding tert-OH is 2. The highest BCUT2D eigenvalue weighted by atomic mass is 19.1. The lowest BCUT2D eigenvalue weighted by Gasteiger charge is -2.20. The first kappa shape index (κ1) is 29.4. The Hall–Kier alpha value is -2.61. The third kappa shape index (κ3) is 10.1. The lowest BCUT2D eigenvalue weighted by atomic mass is 9.89. The van der Waals surface area contributed by atoms with E-state index >= 15 is 0 Å². The maximum Gasteiger partial charge on any atom is 0.305 e. The van der Waals surface area contributed by atoms with Crippen LogP contribution in [0.15, 0.2) is 59.3 Å². The molecule has 7 heteroatoms. The molecule has 1 aromatic carbocycles. The summed E-state index contributed by atoms with van der Waals surface area (Å²) >= 11 is 0. The minimum atomic E-state index is -1.17. The van der Waals surface area contributed by atoms with E-state index in [4.69, 9.17) is 14.8 Å². The van der Waals surface area contributed by atoms with Crippen LogP contribution < -0.4 is 0 Å². The van der Waals surface area contributed by atoms with E-state index in [1.807, 2.05) is 27.7 Å². The van der Waals surface area contributed by atoms with Gasteiger partial charge >= 0.3 is 5.97 Å². The van der Waals surface area contributed by atoms with Crippen LogP contribution in [0.25, 0.3) is 5.57 Å². The molecule has 0 radical (unpaired) electrons. The maximum atomic E-state index is 13.6. The van der Waals surface area contributed by atoms with Crippen LogP contribution in [0.1, 0.15) is 52.5 Å². The van der Waals surface area contributed by atoms with E-state index in [1.54, 1.807) is 25.3 Å². The molecule has 0 saturated carbocycles. The van der Waals surface area contributed by atoms with Crippen molar-refractivity contribution in [3.63, 3.8) is 0 Å². The van der Waals surface area contributed by atoms with Crippen molar-refractivity contribution in [2.75, 3.05) is 13.7 Å². The molecule has 6 nitrogen and oxygen atoms in total. The van der Waals surface area contributed by atoms with E-state index in [2.05, 4.69) is 6.58 Å². The van der Waals surface area contributed by atoms with Crippen LogP contribution in [0.3, 0.4) is 0 Å². The Labute approximate surface area is 202 Å². The smallest absolute Gasteiger partial charge is 0.305 e. The SMILES string of the molecule is C=C(N=C(C(/C=C/C(O)CC(O)CC(=O)O)=C(\CCOC)c1ccc(F)cc1)C(C)C)C(C)C. The monoisotopic (exact) mass is 475 g/mol. The number of hydrogen-bond donors (Lipinski definition) is 3. The van der Waals surface area contributed by atoms with Gasteiger partial charge in [0.25, 0.3) is 0 Å². The van der Waals surface area contributed by atoms with Crippen LogP contribution in [-0.2, 0) is 9.53 Å². The molecule has 0 aliphatic carbocycles. The molecule has 188 valence electrons. The summed E-state index contributed by atoms with van der Waals surface area (Å²) < 4.78 is 18.9. The molecule has 0 fully saturated rings. The number of rotatable bonds is 14. The molecule has 0 aliphatic heterocycles. The van der Waals surface area contributed by atoms with Crippen molar-refractivity contribution in [3.8, 4) is 0 Å². The fourth-order valence-corrected chi connectivity index (χ4v) is 3.26. The van der Waals surface area contributed by atoms with Crippen molar-refractivity contribution in [2.45, 2.75) is 59.2 Å². The number of nitrogens with zero attached hydrogens (tertiary/aromatic N) is 1. The molecule has 0 aliphatic rings. The summed E-state index contributed by atoms with van der Waals surface area (Å²) in [5, 5.41) is 29.2. The number of aliphatic imine (C=N–C) groups is 1. The predicted molar refractivity (Wildman–Crippen MR) is 134 cm³/mol. The molecule has 2 unspecified atom stereocenters. The Morgan fingerprint density at radius 3 is 2.26 bits per heavy atom. The highest BCUT2D eigenvalue weighted by Crippen LogP contribution is 2.28. The lowest BCUT2D eigenvalue weighted by molar-refractivity contribution is -0.139. The topological polar surface area (TPSA) is 99.4 Å². The number of ether oxygens (including phenoxy) is 1. The van der Waals surface area contributed by atoms with Crippen LogP contribution in [0.5, 0.6) is 0 Å². The third-order valence-corrected chi connectivity index (χ3v) is 5.24. The fourth-order valence-electron chi connectivity index (χ4n) is 3.26. The first-order chi connectivity index (χ1) is 16.0. The highest BCUT2D eigenvalue weighted by molar-refractivity contribution is 6.10. The minimum Gasteiger partial charge on any atom is -0.481 e. The van der Waals surface area contributed by atoms with Crippen molar-refractivity contribution in [1.29, 1.82) is 0 Å². The number of allylic oxidation sites excluding steroid dienone is 3. The molecule has 2 atom stereocenters. The van der Waals surface area contributed by atoms with Crippen molar-refractivity contribution in [3.05, 3.63) is 65.6 Å². The van der Waals surface area contributed by atoms with Crippen molar-refractivity contribution in [2.24, 2.45) is 16.8 Å². The summed E-state index contributed by atoms with van der Waals surface area (Å²) in [4.78, 5) is 15.6. The predicted octanol–water partition coefficient (Wildman–Crippen LogP) is 5.03. The van der Waals surface area contributed by atoms with Crippen LogP contribution >= 0.6 is 0 Å². The van der Waals surface area contributed by atoms with Gasteiger partial charge in [-0.3, -0.25) is 9.79 Å². The number of hydrogen-bond acceptors (Lipinski definition) is 5. The van der Waals surface area contributed by atoms with Gasteiger partial charge in [0.15, 0.2) is 0 Å². The number of carboxylic acids is 1. The zero-order valence-corrected chi connectivity index (χ0v) is 20.8. The minimum absolute atomic E-state index is 0.00267. The molecular formula is C27H38FNO5. The molecule has 34 heavy (non-hydrogen) atoms. The summed E-state index contributed by atoms with van der Waals surface area (Å²) in [6.45, 7) is 12.5. The number of aliphatic carboxylic acids is 1. The Morgan fingerprint density at radius 2 is 1.76 bits per heavy atom. The third-order valence-electron chi connectivity index (χ3n) is 5.24. The first-order valence-electron chi connectivity index (χ1n) is 11.5. The number of methoxy groups -OCH3 is 1. The number of aliphatic hydroxyl groups is 2. The van der Waals surface area contributed by atoms with E-state index in [1.165, 1.54) is 18.2 Å². The van der Waals surface area contributed by atoms with Crippen molar-refractivity contribution >= 4 is 17.3 Å². The average molecular weight is 476 g/mol. The average Bonchev–Trinajstić information content (AvgIpc) is 2.74. The maximum absolute atomic E-state index is 13.6.